The van der Waals surface area contributed by atoms with Crippen LogP contribution in [0.5, 0.6) is 5.75 Å². The number of rotatable bonds is 6. The van der Waals surface area contributed by atoms with Gasteiger partial charge in [0.25, 0.3) is 0 Å². The SMILES string of the molecule is Cc1cccc(OCCCC(=O)N2CCCC(N3CCNCC3=O)C2)c1. The average Bonchev–Trinajstić information content (AvgIpc) is 2.65. The Balaban J connectivity index is 1.41. The molecule has 142 valence electrons. The summed E-state index contributed by atoms with van der Waals surface area (Å²) in [4.78, 5) is 28.5. The van der Waals surface area contributed by atoms with Crippen LogP contribution in [0.4, 0.5) is 0 Å². The number of carbonyl (C=O) groups excluding carboxylic acids is 2. The quantitative estimate of drug-likeness (QED) is 0.784. The summed E-state index contributed by atoms with van der Waals surface area (Å²) in [5.74, 6) is 1.18. The highest BCUT2D eigenvalue weighted by molar-refractivity contribution is 5.80. The Bertz CT molecular complexity index is 634. The summed E-state index contributed by atoms with van der Waals surface area (Å²) in [6, 6.07) is 8.12. The molecule has 2 heterocycles. The first-order chi connectivity index (χ1) is 12.6. The first-order valence-corrected chi connectivity index (χ1v) is 9.61. The zero-order valence-corrected chi connectivity index (χ0v) is 15.6. The first-order valence-electron chi connectivity index (χ1n) is 9.61. The Kier molecular flexibility index (Phi) is 6.50. The predicted molar refractivity (Wildman–Crippen MR) is 100 cm³/mol. The minimum atomic E-state index is 0.155. The summed E-state index contributed by atoms with van der Waals surface area (Å²) in [6.07, 6.45) is 3.16. The summed E-state index contributed by atoms with van der Waals surface area (Å²) in [5, 5.41) is 3.10. The lowest BCUT2D eigenvalue weighted by Crippen LogP contribution is -2.57. The topological polar surface area (TPSA) is 61.9 Å². The van der Waals surface area contributed by atoms with E-state index in [1.807, 2.05) is 41.0 Å². The van der Waals surface area contributed by atoms with E-state index >= 15 is 0 Å². The number of likely N-dealkylation sites (tertiary alicyclic amines) is 1. The number of piperidine rings is 1. The lowest BCUT2D eigenvalue weighted by Gasteiger charge is -2.41. The first kappa shape index (κ1) is 18.7. The van der Waals surface area contributed by atoms with Crippen LogP contribution in [-0.2, 0) is 9.59 Å². The molecule has 1 aromatic carbocycles. The van der Waals surface area contributed by atoms with Crippen molar-refractivity contribution in [1.82, 2.24) is 15.1 Å². The van der Waals surface area contributed by atoms with Crippen molar-refractivity contribution >= 4 is 11.8 Å². The monoisotopic (exact) mass is 359 g/mol. The molecule has 3 rings (SSSR count). The van der Waals surface area contributed by atoms with Gasteiger partial charge in [0, 0.05) is 38.6 Å². The molecule has 2 aliphatic heterocycles. The van der Waals surface area contributed by atoms with E-state index < -0.39 is 0 Å². The third kappa shape index (κ3) is 4.97. The largest absolute Gasteiger partial charge is 0.494 e. The molecule has 0 spiro atoms. The molecule has 0 bridgehead atoms. The van der Waals surface area contributed by atoms with Crippen molar-refractivity contribution in [1.29, 1.82) is 0 Å². The van der Waals surface area contributed by atoms with Gasteiger partial charge in [0.1, 0.15) is 5.75 Å². The van der Waals surface area contributed by atoms with E-state index in [1.54, 1.807) is 0 Å². The molecule has 0 aliphatic carbocycles. The predicted octanol–water partition coefficient (Wildman–Crippen LogP) is 1.58. The number of carbonyl (C=O) groups is 2. The molecule has 6 nitrogen and oxygen atoms in total. The molecular formula is C20H29N3O3. The Morgan fingerprint density at radius 2 is 2.23 bits per heavy atom. The zero-order chi connectivity index (χ0) is 18.4. The molecule has 2 amide bonds. The van der Waals surface area contributed by atoms with Crippen LogP contribution in [0.1, 0.15) is 31.2 Å². The zero-order valence-electron chi connectivity index (χ0n) is 15.6. The molecule has 1 atom stereocenters. The van der Waals surface area contributed by atoms with Gasteiger partial charge in [0.05, 0.1) is 13.2 Å². The minimum Gasteiger partial charge on any atom is -0.494 e. The average molecular weight is 359 g/mol. The normalized spacial score (nSPS) is 21.0. The molecule has 1 N–H and O–H groups in total. The van der Waals surface area contributed by atoms with Crippen LogP contribution in [-0.4, -0.2) is 67.0 Å². The van der Waals surface area contributed by atoms with Crippen molar-refractivity contribution in [2.24, 2.45) is 0 Å². The molecular weight excluding hydrogens is 330 g/mol. The van der Waals surface area contributed by atoms with Crippen LogP contribution in [0, 0.1) is 6.92 Å². The second kappa shape index (κ2) is 9.03. The van der Waals surface area contributed by atoms with E-state index in [0.717, 1.165) is 38.2 Å². The van der Waals surface area contributed by atoms with Gasteiger partial charge >= 0.3 is 0 Å². The Labute approximate surface area is 155 Å². The Hall–Kier alpha value is -2.08. The number of hydrogen-bond donors (Lipinski definition) is 1. The van der Waals surface area contributed by atoms with E-state index in [1.165, 1.54) is 5.56 Å². The highest BCUT2D eigenvalue weighted by Crippen LogP contribution is 2.18. The second-order valence-electron chi connectivity index (χ2n) is 7.17. The highest BCUT2D eigenvalue weighted by Gasteiger charge is 2.31. The number of piperazine rings is 1. The van der Waals surface area contributed by atoms with Crippen LogP contribution >= 0.6 is 0 Å². The van der Waals surface area contributed by atoms with Gasteiger partial charge in [-0.3, -0.25) is 9.59 Å². The molecule has 2 aliphatic rings. The van der Waals surface area contributed by atoms with Crippen LogP contribution in [0.25, 0.3) is 0 Å². The minimum absolute atomic E-state index is 0.155. The lowest BCUT2D eigenvalue weighted by molar-refractivity contribution is -0.140. The van der Waals surface area contributed by atoms with Gasteiger partial charge in [-0.1, -0.05) is 12.1 Å². The smallest absolute Gasteiger partial charge is 0.236 e. The molecule has 0 radical (unpaired) electrons. The maximum Gasteiger partial charge on any atom is 0.236 e. The van der Waals surface area contributed by atoms with Gasteiger partial charge in [-0.25, -0.2) is 0 Å². The third-order valence-electron chi connectivity index (χ3n) is 5.11. The van der Waals surface area contributed by atoms with Gasteiger partial charge in [-0.2, -0.15) is 0 Å². The van der Waals surface area contributed by atoms with E-state index in [0.29, 0.717) is 32.5 Å². The number of amides is 2. The standard InChI is InChI=1S/C20H29N3O3/c1-16-5-2-7-18(13-16)26-12-4-8-19(24)22-10-3-6-17(15-22)23-11-9-21-14-20(23)25/h2,5,7,13,17,21H,3-4,6,8-12,14-15H2,1H3. The Morgan fingerprint density at radius 3 is 3.04 bits per heavy atom. The molecule has 6 heteroatoms. The third-order valence-corrected chi connectivity index (χ3v) is 5.11. The van der Waals surface area contributed by atoms with E-state index in [2.05, 4.69) is 5.32 Å². The maximum absolute atomic E-state index is 12.5. The summed E-state index contributed by atoms with van der Waals surface area (Å²) in [6.45, 7) is 6.05. The molecule has 26 heavy (non-hydrogen) atoms. The molecule has 1 unspecified atom stereocenters. The lowest BCUT2D eigenvalue weighted by atomic mass is 10.0. The number of ether oxygens (including phenoxy) is 1. The molecule has 1 aromatic rings. The summed E-state index contributed by atoms with van der Waals surface area (Å²) < 4.78 is 5.72. The number of nitrogens with one attached hydrogen (secondary N) is 1. The van der Waals surface area contributed by atoms with Gasteiger partial charge in [-0.05, 0) is 43.9 Å². The van der Waals surface area contributed by atoms with Crippen molar-refractivity contribution in [3.8, 4) is 5.75 Å². The summed E-state index contributed by atoms with van der Waals surface area (Å²) in [5.41, 5.74) is 1.17. The fourth-order valence-corrected chi connectivity index (χ4v) is 3.72. The van der Waals surface area contributed by atoms with E-state index in [9.17, 15) is 9.59 Å². The second-order valence-corrected chi connectivity index (χ2v) is 7.17. The molecule has 2 fully saturated rings. The van der Waals surface area contributed by atoms with Gasteiger partial charge in [0.2, 0.25) is 11.8 Å². The number of nitrogens with zero attached hydrogens (tertiary/aromatic N) is 2. The highest BCUT2D eigenvalue weighted by atomic mass is 16.5. The number of aryl methyl sites for hydroxylation is 1. The molecule has 0 saturated carbocycles. The van der Waals surface area contributed by atoms with Gasteiger partial charge in [0.15, 0.2) is 0 Å². The number of benzene rings is 1. The molecule has 0 aromatic heterocycles. The van der Waals surface area contributed by atoms with Crippen LogP contribution in [0.15, 0.2) is 24.3 Å². The van der Waals surface area contributed by atoms with E-state index in [4.69, 9.17) is 4.74 Å². The van der Waals surface area contributed by atoms with Crippen molar-refractivity contribution in [3.63, 3.8) is 0 Å². The molecule has 2 saturated heterocycles. The Morgan fingerprint density at radius 1 is 1.35 bits per heavy atom. The van der Waals surface area contributed by atoms with Crippen LogP contribution in [0.2, 0.25) is 0 Å². The summed E-state index contributed by atoms with van der Waals surface area (Å²) >= 11 is 0. The summed E-state index contributed by atoms with van der Waals surface area (Å²) in [7, 11) is 0. The maximum atomic E-state index is 12.5. The van der Waals surface area contributed by atoms with Gasteiger partial charge in [-0.15, -0.1) is 0 Å². The van der Waals surface area contributed by atoms with Crippen molar-refractivity contribution in [3.05, 3.63) is 29.8 Å². The van der Waals surface area contributed by atoms with Crippen LogP contribution in [0.3, 0.4) is 0 Å². The van der Waals surface area contributed by atoms with Gasteiger partial charge < -0.3 is 19.9 Å². The van der Waals surface area contributed by atoms with E-state index in [-0.39, 0.29) is 17.9 Å². The van der Waals surface area contributed by atoms with Crippen molar-refractivity contribution in [2.75, 3.05) is 39.3 Å². The van der Waals surface area contributed by atoms with Crippen LogP contribution < -0.4 is 10.1 Å². The fourth-order valence-electron chi connectivity index (χ4n) is 3.72. The van der Waals surface area contributed by atoms with Crippen molar-refractivity contribution < 1.29 is 14.3 Å². The van der Waals surface area contributed by atoms with Crippen molar-refractivity contribution in [2.45, 2.75) is 38.6 Å². The fraction of sp³-hybridized carbons (Fsp3) is 0.600. The number of hydrogen-bond acceptors (Lipinski definition) is 4.